The van der Waals surface area contributed by atoms with Crippen molar-refractivity contribution in [1.82, 2.24) is 51.0 Å². The van der Waals surface area contributed by atoms with Gasteiger partial charge in [0.05, 0.1) is 89.0 Å². The van der Waals surface area contributed by atoms with Gasteiger partial charge in [-0.25, -0.2) is 8.78 Å². The van der Waals surface area contributed by atoms with Crippen molar-refractivity contribution in [3.8, 4) is 34.5 Å². The second-order valence-electron chi connectivity index (χ2n) is 21.4. The van der Waals surface area contributed by atoms with Crippen LogP contribution in [-0.4, -0.2) is 136 Å². The summed E-state index contributed by atoms with van der Waals surface area (Å²) in [5.41, 5.74) is 4.35. The number of hydrogen-bond donors (Lipinski definition) is 4. The second-order valence-corrected chi connectivity index (χ2v) is 21.4. The van der Waals surface area contributed by atoms with Gasteiger partial charge in [-0.05, 0) is 57.3 Å². The quantitative estimate of drug-likeness (QED) is 0.0805. The molecule has 6 heterocycles. The van der Waals surface area contributed by atoms with E-state index in [1.807, 2.05) is 24.3 Å². The second kappa shape index (κ2) is 19.9. The fourth-order valence-electron chi connectivity index (χ4n) is 10.8. The molecule has 6 aromatic rings. The predicted molar refractivity (Wildman–Crippen MR) is 276 cm³/mol. The topological polar surface area (TPSA) is 242 Å². The standard InChI is InChI=1S/C53H62F2N14O7/c1-52(2,3)33-15-27(17-35-46(33)75-13-11-66(35)25-39-58-62-63-59-39)31(23-68-21-29-19-37(71-7)48(73-9)43(54)41(29)50(68)56)45(70)32(24-69-22-30-20-38(72-8)49(74-10)44(55)42(30)51(69)57)28-16-34(53(4,5)6)47-36(18-28)67(12-14-76-47)26-40-60-64-65-61-40/h15-20,31-32,56-57H,11-14,21-26H2,1-10H3,(H,58,59,62,63)(H,60,61,64,65). The van der Waals surface area contributed by atoms with Crippen LogP contribution in [0.5, 0.6) is 34.5 Å². The summed E-state index contributed by atoms with van der Waals surface area (Å²) in [6.07, 6.45) is 0. The molecule has 0 radical (unpaired) electrons. The maximum atomic E-state index is 16.9. The Balaban J connectivity index is 1.17. The molecule has 76 heavy (non-hydrogen) atoms. The zero-order valence-corrected chi connectivity index (χ0v) is 44.3. The first kappa shape index (κ1) is 51.4. The van der Waals surface area contributed by atoms with Crippen LogP contribution in [-0.2, 0) is 41.8 Å². The number of halogens is 2. The molecule has 0 spiro atoms. The van der Waals surface area contributed by atoms with Crippen LogP contribution in [0.2, 0.25) is 0 Å². The molecular weight excluding hydrogens is 983 g/mol. The maximum absolute atomic E-state index is 16.9. The number of nitrogens with one attached hydrogen (secondary N) is 4. The van der Waals surface area contributed by atoms with Gasteiger partial charge in [0.25, 0.3) is 0 Å². The molecule has 4 N–H and O–H groups in total. The summed E-state index contributed by atoms with van der Waals surface area (Å²) in [4.78, 5) is 24.5. The van der Waals surface area contributed by atoms with Crippen molar-refractivity contribution >= 4 is 28.8 Å². The number of ketones is 1. The van der Waals surface area contributed by atoms with Gasteiger partial charge in [0.15, 0.2) is 52.1 Å². The van der Waals surface area contributed by atoms with Crippen molar-refractivity contribution in [2.24, 2.45) is 0 Å². The zero-order chi connectivity index (χ0) is 54.0. The molecule has 2 aromatic heterocycles. The number of tetrazole rings is 2. The van der Waals surface area contributed by atoms with Gasteiger partial charge in [-0.3, -0.25) is 15.6 Å². The van der Waals surface area contributed by atoms with Crippen LogP contribution < -0.4 is 38.2 Å². The highest BCUT2D eigenvalue weighted by Gasteiger charge is 2.42. The molecule has 400 valence electrons. The Bertz CT molecular complexity index is 3020. The van der Waals surface area contributed by atoms with E-state index in [1.54, 1.807) is 21.9 Å². The van der Waals surface area contributed by atoms with E-state index >= 15 is 13.6 Å². The lowest BCUT2D eigenvalue weighted by Gasteiger charge is -2.37. The first-order chi connectivity index (χ1) is 36.3. The number of methoxy groups -OCH3 is 4. The lowest BCUT2D eigenvalue weighted by molar-refractivity contribution is -0.122. The lowest BCUT2D eigenvalue weighted by atomic mass is 9.77. The van der Waals surface area contributed by atoms with Crippen LogP contribution >= 0.6 is 0 Å². The number of rotatable bonds is 16. The Morgan fingerprint density at radius 3 is 1.38 bits per heavy atom. The van der Waals surface area contributed by atoms with Crippen LogP contribution in [0.15, 0.2) is 36.4 Å². The highest BCUT2D eigenvalue weighted by molar-refractivity contribution is 6.03. The number of benzene rings is 4. The number of H-pyrrole nitrogens is 2. The molecule has 0 amide bonds. The molecule has 10 rings (SSSR count). The Hall–Kier alpha value is -8.11. The van der Waals surface area contributed by atoms with E-state index in [0.717, 1.165) is 11.1 Å². The SMILES string of the molecule is COc1cc2c(c(F)c1OC)C(=N)N(CC(C(=O)C(CN1Cc3cc(OC)c(OC)c(F)c3C1=N)c1cc3c(c(C(C)(C)C)c1)OCCN3Cc1nn[nH]n1)c1cc3c(c(C(C)(C)C)c1)OCCN3Cc1nn[nH]n1)C2. The van der Waals surface area contributed by atoms with E-state index in [1.165, 1.54) is 28.4 Å². The van der Waals surface area contributed by atoms with E-state index in [0.29, 0.717) is 83.1 Å². The van der Waals surface area contributed by atoms with Gasteiger partial charge in [0.2, 0.25) is 0 Å². The lowest BCUT2D eigenvalue weighted by Crippen LogP contribution is -2.39. The molecule has 4 aliphatic heterocycles. The summed E-state index contributed by atoms with van der Waals surface area (Å²) in [6, 6.07) is 11.3. The normalized spacial score (nSPS) is 15.9. The van der Waals surface area contributed by atoms with Gasteiger partial charge < -0.3 is 48.0 Å². The van der Waals surface area contributed by atoms with E-state index in [2.05, 4.69) is 92.6 Å². The van der Waals surface area contributed by atoms with Crippen LogP contribution in [0.3, 0.4) is 0 Å². The van der Waals surface area contributed by atoms with E-state index in [9.17, 15) is 10.8 Å². The van der Waals surface area contributed by atoms with Crippen LogP contribution in [0.4, 0.5) is 20.2 Å². The maximum Gasteiger partial charge on any atom is 0.197 e. The average molecular weight is 1050 g/mol. The van der Waals surface area contributed by atoms with Crippen LogP contribution in [0, 0.1) is 22.5 Å². The molecular formula is C53H62F2N14O7. The third kappa shape index (κ3) is 9.18. The molecule has 2 unspecified atom stereocenters. The summed E-state index contributed by atoms with van der Waals surface area (Å²) < 4.78 is 68.0. The van der Waals surface area contributed by atoms with Gasteiger partial charge >= 0.3 is 0 Å². The molecule has 2 atom stereocenters. The van der Waals surface area contributed by atoms with Crippen molar-refractivity contribution in [2.45, 2.75) is 90.4 Å². The smallest absolute Gasteiger partial charge is 0.197 e. The number of ether oxygens (including phenoxy) is 6. The predicted octanol–water partition coefficient (Wildman–Crippen LogP) is 6.54. The molecule has 0 fully saturated rings. The summed E-state index contributed by atoms with van der Waals surface area (Å²) in [5, 5.41) is 48.9. The molecule has 0 saturated carbocycles. The van der Waals surface area contributed by atoms with Crippen molar-refractivity contribution in [3.63, 3.8) is 0 Å². The minimum Gasteiger partial charge on any atom is -0.493 e. The molecule has 0 aliphatic carbocycles. The van der Waals surface area contributed by atoms with Crippen molar-refractivity contribution in [3.05, 3.63) is 104 Å². The molecule has 0 bridgehead atoms. The first-order valence-corrected chi connectivity index (χ1v) is 25.0. The molecule has 23 heteroatoms. The zero-order valence-electron chi connectivity index (χ0n) is 44.3. The van der Waals surface area contributed by atoms with Gasteiger partial charge in [-0.1, -0.05) is 64.1 Å². The number of aromatic nitrogens is 8. The highest BCUT2D eigenvalue weighted by Crippen LogP contribution is 2.49. The van der Waals surface area contributed by atoms with Gasteiger partial charge in [-0.15, -0.1) is 20.4 Å². The summed E-state index contributed by atoms with van der Waals surface area (Å²) in [6.45, 7) is 14.7. The Morgan fingerprint density at radius 1 is 0.632 bits per heavy atom. The Labute approximate surface area is 438 Å². The van der Waals surface area contributed by atoms with Crippen LogP contribution in [0.25, 0.3) is 0 Å². The van der Waals surface area contributed by atoms with E-state index < -0.39 is 34.3 Å². The fraction of sp³-hybridized carbons (Fsp3) is 0.453. The largest absolute Gasteiger partial charge is 0.493 e. The fourth-order valence-corrected chi connectivity index (χ4v) is 10.8. The van der Waals surface area contributed by atoms with E-state index in [4.69, 9.17) is 28.4 Å². The number of carbonyl (C=O) groups excluding carboxylic acids is 1. The number of amidine groups is 2. The minimum absolute atomic E-state index is 0.0447. The van der Waals surface area contributed by atoms with Crippen molar-refractivity contribution in [1.29, 1.82) is 10.8 Å². The van der Waals surface area contributed by atoms with Gasteiger partial charge in [0.1, 0.15) is 36.4 Å². The monoisotopic (exact) mass is 1040 g/mol. The van der Waals surface area contributed by atoms with E-state index in [-0.39, 0.29) is 90.8 Å². The Kier molecular flexibility index (Phi) is 13.4. The first-order valence-electron chi connectivity index (χ1n) is 25.0. The number of fused-ring (bicyclic) bond motifs is 4. The third-order valence-electron chi connectivity index (χ3n) is 14.7. The highest BCUT2D eigenvalue weighted by atomic mass is 19.1. The summed E-state index contributed by atoms with van der Waals surface area (Å²) in [5.74, 6) is -1.80. The van der Waals surface area contributed by atoms with Gasteiger partial charge in [-0.2, -0.15) is 10.4 Å². The summed E-state index contributed by atoms with van der Waals surface area (Å²) >= 11 is 0. The van der Waals surface area contributed by atoms with Crippen molar-refractivity contribution < 1.29 is 42.0 Å². The number of anilines is 2. The molecule has 4 aromatic carbocycles. The molecule has 0 saturated heterocycles. The number of Topliss-reactive ketones (excluding diaryl/α,β-unsaturated/α-hetero) is 1. The third-order valence-corrected chi connectivity index (χ3v) is 14.7. The summed E-state index contributed by atoms with van der Waals surface area (Å²) in [7, 11) is 5.53. The molecule has 21 nitrogen and oxygen atoms in total. The average Bonchev–Trinajstić information content (AvgIpc) is 4.22. The number of aromatic amines is 2. The number of nitrogens with zero attached hydrogens (tertiary/aromatic N) is 10. The Morgan fingerprint density at radius 2 is 1.04 bits per heavy atom. The van der Waals surface area contributed by atoms with Crippen molar-refractivity contribution in [2.75, 3.05) is 77.6 Å². The number of hydrogen-bond acceptors (Lipinski definition) is 17. The van der Waals surface area contributed by atoms with Gasteiger partial charge in [0, 0.05) is 37.3 Å². The number of carbonyl (C=O) groups is 1. The molecule has 4 aliphatic rings. The minimum atomic E-state index is -1.04. The van der Waals surface area contributed by atoms with Crippen LogP contribution in [0.1, 0.15) is 110 Å².